The summed E-state index contributed by atoms with van der Waals surface area (Å²) in [5, 5.41) is 6.07. The van der Waals surface area contributed by atoms with Crippen LogP contribution in [0.2, 0.25) is 0 Å². The van der Waals surface area contributed by atoms with Crippen molar-refractivity contribution in [2.24, 2.45) is 0 Å². The Kier molecular flexibility index (Phi) is 8.87. The van der Waals surface area contributed by atoms with Gasteiger partial charge in [-0.15, -0.1) is 0 Å². The Morgan fingerprint density at radius 2 is 0.783 bits per heavy atom. The molecule has 0 saturated heterocycles. The molecular formula is C58H39NO. The molecule has 0 unspecified atom stereocenters. The molecule has 0 fully saturated rings. The number of anilines is 3. The molecule has 0 saturated carbocycles. The molecule has 282 valence electrons. The normalized spacial score (nSPS) is 11.3. The molecule has 1 heterocycles. The van der Waals surface area contributed by atoms with Crippen LogP contribution >= 0.6 is 0 Å². The van der Waals surface area contributed by atoms with Crippen molar-refractivity contribution in [3.8, 4) is 55.8 Å². The second kappa shape index (κ2) is 15.1. The van der Waals surface area contributed by atoms with Crippen LogP contribution in [0.5, 0.6) is 0 Å². The first-order chi connectivity index (χ1) is 29.7. The average molecular weight is 766 g/mol. The molecule has 0 bridgehead atoms. The minimum Gasteiger partial charge on any atom is -0.456 e. The lowest BCUT2D eigenvalue weighted by Crippen LogP contribution is -2.09. The minimum atomic E-state index is 0.872. The molecular weight excluding hydrogens is 727 g/mol. The Labute approximate surface area is 349 Å². The summed E-state index contributed by atoms with van der Waals surface area (Å²) in [7, 11) is 0. The van der Waals surface area contributed by atoms with E-state index in [2.05, 4.69) is 223 Å². The average Bonchev–Trinajstić information content (AvgIpc) is 3.77. The molecule has 2 heteroatoms. The molecule has 0 radical (unpaired) electrons. The Bertz CT molecular complexity index is 3270. The van der Waals surface area contributed by atoms with Crippen molar-refractivity contribution >= 4 is 49.6 Å². The van der Waals surface area contributed by atoms with E-state index in [4.69, 9.17) is 4.42 Å². The van der Waals surface area contributed by atoms with E-state index >= 15 is 0 Å². The summed E-state index contributed by atoms with van der Waals surface area (Å²) < 4.78 is 6.23. The van der Waals surface area contributed by atoms with Gasteiger partial charge in [-0.2, -0.15) is 0 Å². The van der Waals surface area contributed by atoms with Gasteiger partial charge in [-0.1, -0.05) is 182 Å². The smallest absolute Gasteiger partial charge is 0.135 e. The van der Waals surface area contributed by atoms with Crippen molar-refractivity contribution in [3.05, 3.63) is 237 Å². The first-order valence-electron chi connectivity index (χ1n) is 20.5. The lowest BCUT2D eigenvalue weighted by atomic mass is 9.89. The van der Waals surface area contributed by atoms with Gasteiger partial charge < -0.3 is 9.32 Å². The lowest BCUT2D eigenvalue weighted by Gasteiger charge is -2.26. The Morgan fingerprint density at radius 1 is 0.267 bits per heavy atom. The first-order valence-corrected chi connectivity index (χ1v) is 20.5. The van der Waals surface area contributed by atoms with E-state index in [9.17, 15) is 0 Å². The maximum atomic E-state index is 6.23. The van der Waals surface area contributed by atoms with Crippen molar-refractivity contribution < 1.29 is 4.42 Å². The monoisotopic (exact) mass is 765 g/mol. The largest absolute Gasteiger partial charge is 0.456 e. The summed E-state index contributed by atoms with van der Waals surface area (Å²) in [6.45, 7) is 0. The van der Waals surface area contributed by atoms with Gasteiger partial charge in [-0.25, -0.2) is 0 Å². The zero-order chi connectivity index (χ0) is 39.8. The molecule has 0 spiro atoms. The number of hydrogen-bond donors (Lipinski definition) is 0. The highest BCUT2D eigenvalue weighted by molar-refractivity contribution is 6.08. The molecule has 60 heavy (non-hydrogen) atoms. The van der Waals surface area contributed by atoms with Gasteiger partial charge >= 0.3 is 0 Å². The number of para-hydroxylation sites is 1. The van der Waals surface area contributed by atoms with E-state index in [1.54, 1.807) is 0 Å². The van der Waals surface area contributed by atoms with Crippen LogP contribution < -0.4 is 4.90 Å². The number of furan rings is 1. The molecule has 0 N–H and O–H groups in total. The summed E-state index contributed by atoms with van der Waals surface area (Å²) in [6.07, 6.45) is 0. The molecule has 0 atom stereocenters. The SMILES string of the molecule is c1ccc(-c2ccccc2-c2ccccc2-c2ccc(N(c3ccc(-c4cccc(-c5cc6ccccc6o5)c4)cc3)c3ccc4c(ccc5ccccc54)c3)cc2)cc1. The van der Waals surface area contributed by atoms with Gasteiger partial charge in [-0.05, 0) is 121 Å². The highest BCUT2D eigenvalue weighted by Crippen LogP contribution is 2.42. The number of benzene rings is 10. The van der Waals surface area contributed by atoms with E-state index in [0.29, 0.717) is 0 Å². The molecule has 0 aliphatic rings. The predicted octanol–water partition coefficient (Wildman–Crippen LogP) is 16.5. The van der Waals surface area contributed by atoms with Crippen LogP contribution in [-0.2, 0) is 0 Å². The summed E-state index contributed by atoms with van der Waals surface area (Å²) in [4.78, 5) is 2.36. The molecule has 0 aliphatic carbocycles. The Hall–Kier alpha value is -7.94. The third-order valence-corrected chi connectivity index (χ3v) is 11.7. The number of rotatable bonds is 8. The number of fused-ring (bicyclic) bond motifs is 4. The van der Waals surface area contributed by atoms with Crippen molar-refractivity contribution in [3.63, 3.8) is 0 Å². The van der Waals surface area contributed by atoms with Crippen LogP contribution in [0.15, 0.2) is 241 Å². The Balaban J connectivity index is 0.983. The van der Waals surface area contributed by atoms with Crippen molar-refractivity contribution in [1.82, 2.24) is 0 Å². The van der Waals surface area contributed by atoms with E-state index in [1.165, 1.54) is 54.9 Å². The van der Waals surface area contributed by atoms with Crippen LogP contribution in [0.1, 0.15) is 0 Å². The highest BCUT2D eigenvalue weighted by Gasteiger charge is 2.17. The van der Waals surface area contributed by atoms with Crippen molar-refractivity contribution in [2.45, 2.75) is 0 Å². The quantitative estimate of drug-likeness (QED) is 0.143. The van der Waals surface area contributed by atoms with Crippen molar-refractivity contribution in [2.75, 3.05) is 4.90 Å². The summed E-state index contributed by atoms with van der Waals surface area (Å²) in [5.74, 6) is 0.872. The second-order valence-corrected chi connectivity index (χ2v) is 15.3. The van der Waals surface area contributed by atoms with Gasteiger partial charge in [-0.3, -0.25) is 0 Å². The molecule has 0 aliphatic heterocycles. The third kappa shape index (κ3) is 6.51. The van der Waals surface area contributed by atoms with Crippen LogP contribution in [0.25, 0.3) is 88.3 Å². The Morgan fingerprint density at radius 3 is 1.50 bits per heavy atom. The molecule has 10 aromatic carbocycles. The van der Waals surface area contributed by atoms with Crippen LogP contribution in [0, 0.1) is 0 Å². The zero-order valence-electron chi connectivity index (χ0n) is 32.9. The summed E-state index contributed by atoms with van der Waals surface area (Å²) in [5.41, 5.74) is 14.7. The summed E-state index contributed by atoms with van der Waals surface area (Å²) in [6, 6.07) is 84.9. The van der Waals surface area contributed by atoms with E-state index in [-0.39, 0.29) is 0 Å². The number of hydrogen-bond acceptors (Lipinski definition) is 2. The predicted molar refractivity (Wildman–Crippen MR) is 253 cm³/mol. The molecule has 11 aromatic rings. The van der Waals surface area contributed by atoms with Crippen LogP contribution in [-0.4, -0.2) is 0 Å². The lowest BCUT2D eigenvalue weighted by molar-refractivity contribution is 0.631. The van der Waals surface area contributed by atoms with Gasteiger partial charge in [0.2, 0.25) is 0 Å². The first kappa shape index (κ1) is 35.2. The molecule has 1 aromatic heterocycles. The van der Waals surface area contributed by atoms with Crippen LogP contribution in [0.4, 0.5) is 17.1 Å². The topological polar surface area (TPSA) is 16.4 Å². The zero-order valence-corrected chi connectivity index (χ0v) is 32.9. The fourth-order valence-electron chi connectivity index (χ4n) is 8.71. The fraction of sp³-hybridized carbons (Fsp3) is 0. The van der Waals surface area contributed by atoms with Gasteiger partial charge in [0.25, 0.3) is 0 Å². The maximum Gasteiger partial charge on any atom is 0.135 e. The van der Waals surface area contributed by atoms with Gasteiger partial charge in [0.05, 0.1) is 0 Å². The fourth-order valence-corrected chi connectivity index (χ4v) is 8.71. The molecule has 2 nitrogen and oxygen atoms in total. The molecule has 11 rings (SSSR count). The van der Waals surface area contributed by atoms with Gasteiger partial charge in [0.1, 0.15) is 11.3 Å². The standard InChI is InChI=1S/C58H39NO/c1-2-13-41(14-3-1)52-20-7-9-22-55(52)56-23-10-8-21-53(56)43-29-33-49(34-30-43)59(50-35-36-54-45(38-50)26-25-42-15-4-6-19-51(42)54)48-31-27-40(28-32-48)44-17-12-18-46(37-44)58-39-47-16-5-11-24-57(47)60-58/h1-39H. The maximum absolute atomic E-state index is 6.23. The second-order valence-electron chi connectivity index (χ2n) is 15.3. The van der Waals surface area contributed by atoms with E-state index in [1.807, 2.05) is 18.2 Å². The van der Waals surface area contributed by atoms with Gasteiger partial charge in [0.15, 0.2) is 0 Å². The summed E-state index contributed by atoms with van der Waals surface area (Å²) >= 11 is 0. The highest BCUT2D eigenvalue weighted by atomic mass is 16.3. The van der Waals surface area contributed by atoms with Gasteiger partial charge in [0, 0.05) is 28.0 Å². The van der Waals surface area contributed by atoms with E-state index < -0.39 is 0 Å². The van der Waals surface area contributed by atoms with Crippen LogP contribution in [0.3, 0.4) is 0 Å². The molecule has 0 amide bonds. The third-order valence-electron chi connectivity index (χ3n) is 11.7. The minimum absolute atomic E-state index is 0.872. The van der Waals surface area contributed by atoms with E-state index in [0.717, 1.165) is 50.5 Å². The number of nitrogens with zero attached hydrogens (tertiary/aromatic N) is 1. The van der Waals surface area contributed by atoms with Crippen molar-refractivity contribution in [1.29, 1.82) is 0 Å².